The van der Waals surface area contributed by atoms with Crippen LogP contribution in [-0.2, 0) is 0 Å². The molecule has 1 heterocycles. The number of carboxylic acid groups (broad SMARTS) is 1. The molecule has 5 heteroatoms. The highest BCUT2D eigenvalue weighted by molar-refractivity contribution is 5.96. The van der Waals surface area contributed by atoms with Crippen molar-refractivity contribution in [2.75, 3.05) is 6.79 Å². The minimum absolute atomic E-state index is 0.133. The molecular weight excluding hydrogens is 251 g/mol. The van der Waals surface area contributed by atoms with Crippen LogP contribution in [0.25, 0.3) is 11.1 Å². The van der Waals surface area contributed by atoms with Gasteiger partial charge in [0.05, 0.1) is 0 Å². The molecule has 1 N–H and O–H groups in total. The normalized spacial score (nSPS) is 12.5. The Morgan fingerprint density at radius 1 is 1.16 bits per heavy atom. The average molecular weight is 260 g/mol. The molecule has 2 aromatic carbocycles. The quantitative estimate of drug-likeness (QED) is 0.902. The first-order valence-corrected chi connectivity index (χ1v) is 5.58. The Morgan fingerprint density at radius 2 is 1.95 bits per heavy atom. The number of carboxylic acids is 1. The van der Waals surface area contributed by atoms with Crippen LogP contribution in [0.3, 0.4) is 0 Å². The minimum Gasteiger partial charge on any atom is -0.478 e. The van der Waals surface area contributed by atoms with Crippen molar-refractivity contribution in [3.8, 4) is 22.6 Å². The van der Waals surface area contributed by atoms with Gasteiger partial charge in [0, 0.05) is 0 Å². The second kappa shape index (κ2) is 4.28. The van der Waals surface area contributed by atoms with Crippen molar-refractivity contribution < 1.29 is 23.8 Å². The summed E-state index contributed by atoms with van der Waals surface area (Å²) in [6, 6.07) is 9.15. The summed E-state index contributed by atoms with van der Waals surface area (Å²) in [5.41, 5.74) is 0.535. The lowest BCUT2D eigenvalue weighted by Crippen LogP contribution is -2.03. The second-order valence-corrected chi connectivity index (χ2v) is 4.04. The van der Waals surface area contributed by atoms with Gasteiger partial charge in [-0.2, -0.15) is 0 Å². The number of ether oxygens (including phenoxy) is 2. The fourth-order valence-electron chi connectivity index (χ4n) is 2.05. The van der Waals surface area contributed by atoms with Crippen LogP contribution < -0.4 is 9.47 Å². The van der Waals surface area contributed by atoms with Crippen molar-refractivity contribution in [3.63, 3.8) is 0 Å². The number of aromatic carboxylic acids is 1. The van der Waals surface area contributed by atoms with E-state index in [1.807, 2.05) is 0 Å². The van der Waals surface area contributed by atoms with Gasteiger partial charge in [0.1, 0.15) is 11.4 Å². The molecule has 0 aromatic heterocycles. The predicted octanol–water partition coefficient (Wildman–Crippen LogP) is 2.92. The van der Waals surface area contributed by atoms with Crippen LogP contribution >= 0.6 is 0 Å². The summed E-state index contributed by atoms with van der Waals surface area (Å²) in [5, 5.41) is 9.11. The van der Waals surface area contributed by atoms with Crippen molar-refractivity contribution in [1.29, 1.82) is 0 Å². The van der Waals surface area contributed by atoms with Gasteiger partial charge in [0.15, 0.2) is 11.5 Å². The molecule has 0 saturated carbocycles. The first kappa shape index (κ1) is 11.5. The Kier molecular flexibility index (Phi) is 2.59. The number of carbonyl (C=O) groups is 1. The smallest absolute Gasteiger partial charge is 0.339 e. The van der Waals surface area contributed by atoms with E-state index in [-0.39, 0.29) is 12.4 Å². The molecule has 0 saturated heterocycles. The van der Waals surface area contributed by atoms with Crippen LogP contribution in [0.15, 0.2) is 36.4 Å². The highest BCUT2D eigenvalue weighted by atomic mass is 19.1. The van der Waals surface area contributed by atoms with E-state index in [2.05, 4.69) is 0 Å². The topological polar surface area (TPSA) is 55.8 Å². The van der Waals surface area contributed by atoms with E-state index < -0.39 is 11.8 Å². The van der Waals surface area contributed by atoms with Crippen LogP contribution in [0.2, 0.25) is 0 Å². The van der Waals surface area contributed by atoms with Crippen molar-refractivity contribution in [3.05, 3.63) is 47.8 Å². The largest absolute Gasteiger partial charge is 0.478 e. The minimum atomic E-state index is -1.30. The highest BCUT2D eigenvalue weighted by Gasteiger charge is 2.19. The van der Waals surface area contributed by atoms with Gasteiger partial charge in [-0.3, -0.25) is 0 Å². The third-order valence-electron chi connectivity index (χ3n) is 2.91. The highest BCUT2D eigenvalue weighted by Crippen LogP contribution is 2.37. The molecule has 0 atom stereocenters. The van der Waals surface area contributed by atoms with Crippen molar-refractivity contribution in [1.82, 2.24) is 0 Å². The van der Waals surface area contributed by atoms with Crippen LogP contribution in [-0.4, -0.2) is 17.9 Å². The van der Waals surface area contributed by atoms with E-state index >= 15 is 0 Å². The Hall–Kier alpha value is -2.56. The van der Waals surface area contributed by atoms with Crippen LogP contribution in [0.1, 0.15) is 10.4 Å². The number of fused-ring (bicyclic) bond motifs is 1. The SMILES string of the molecule is O=C(O)c1c(F)cccc1-c1ccc2c(c1)OCO2. The average Bonchev–Trinajstić information content (AvgIpc) is 2.85. The number of hydrogen-bond acceptors (Lipinski definition) is 3. The summed E-state index contributed by atoms with van der Waals surface area (Å²) < 4.78 is 24.0. The molecule has 4 nitrogen and oxygen atoms in total. The fourth-order valence-corrected chi connectivity index (χ4v) is 2.05. The van der Waals surface area contributed by atoms with E-state index in [0.717, 1.165) is 6.07 Å². The molecule has 96 valence electrons. The third kappa shape index (κ3) is 1.89. The molecule has 0 spiro atoms. The number of halogens is 1. The summed E-state index contributed by atoms with van der Waals surface area (Å²) in [6.07, 6.45) is 0. The zero-order valence-corrected chi connectivity index (χ0v) is 9.72. The van der Waals surface area contributed by atoms with Crippen molar-refractivity contribution in [2.24, 2.45) is 0 Å². The molecule has 0 fully saturated rings. The second-order valence-electron chi connectivity index (χ2n) is 4.04. The van der Waals surface area contributed by atoms with E-state index in [4.69, 9.17) is 14.6 Å². The van der Waals surface area contributed by atoms with Crippen LogP contribution in [0, 0.1) is 5.82 Å². The molecule has 1 aliphatic heterocycles. The van der Waals surface area contributed by atoms with E-state index in [1.54, 1.807) is 24.3 Å². The van der Waals surface area contributed by atoms with E-state index in [0.29, 0.717) is 22.6 Å². The third-order valence-corrected chi connectivity index (χ3v) is 2.91. The lowest BCUT2D eigenvalue weighted by Gasteiger charge is -2.08. The van der Waals surface area contributed by atoms with Crippen molar-refractivity contribution >= 4 is 5.97 Å². The number of hydrogen-bond donors (Lipinski definition) is 1. The zero-order valence-electron chi connectivity index (χ0n) is 9.72. The summed E-state index contributed by atoms with van der Waals surface area (Å²) in [7, 11) is 0. The van der Waals surface area contributed by atoms with Crippen LogP contribution in [0.4, 0.5) is 4.39 Å². The van der Waals surface area contributed by atoms with Gasteiger partial charge in [0.25, 0.3) is 0 Å². The molecule has 0 unspecified atom stereocenters. The molecule has 3 rings (SSSR count). The van der Waals surface area contributed by atoms with Crippen molar-refractivity contribution in [2.45, 2.75) is 0 Å². The summed E-state index contributed by atoms with van der Waals surface area (Å²) in [5.74, 6) is -0.941. The van der Waals surface area contributed by atoms with E-state index in [1.165, 1.54) is 6.07 Å². The van der Waals surface area contributed by atoms with Crippen LogP contribution in [0.5, 0.6) is 11.5 Å². The maximum atomic E-state index is 13.6. The maximum Gasteiger partial charge on any atom is 0.339 e. The van der Waals surface area contributed by atoms with E-state index in [9.17, 15) is 9.18 Å². The van der Waals surface area contributed by atoms with Gasteiger partial charge in [0.2, 0.25) is 6.79 Å². The van der Waals surface area contributed by atoms with Gasteiger partial charge >= 0.3 is 5.97 Å². The zero-order chi connectivity index (χ0) is 13.4. The molecule has 0 radical (unpaired) electrons. The monoisotopic (exact) mass is 260 g/mol. The summed E-state index contributed by atoms with van der Waals surface area (Å²) in [6.45, 7) is 0.133. The Bertz CT molecular complexity index is 666. The maximum absolute atomic E-state index is 13.6. The van der Waals surface area contributed by atoms with Gasteiger partial charge in [-0.25, -0.2) is 9.18 Å². The van der Waals surface area contributed by atoms with Gasteiger partial charge in [-0.1, -0.05) is 18.2 Å². The molecule has 0 bridgehead atoms. The lowest BCUT2D eigenvalue weighted by molar-refractivity contribution is 0.0693. The molecule has 19 heavy (non-hydrogen) atoms. The van der Waals surface area contributed by atoms with Gasteiger partial charge in [-0.05, 0) is 29.3 Å². The molecule has 1 aliphatic rings. The summed E-state index contributed by atoms with van der Waals surface area (Å²) >= 11 is 0. The Morgan fingerprint density at radius 3 is 2.74 bits per heavy atom. The molecule has 2 aromatic rings. The van der Waals surface area contributed by atoms with Gasteiger partial charge < -0.3 is 14.6 Å². The first-order chi connectivity index (χ1) is 9.16. The number of rotatable bonds is 2. The number of benzene rings is 2. The Balaban J connectivity index is 2.17. The molecule has 0 amide bonds. The lowest BCUT2D eigenvalue weighted by atomic mass is 9.99. The summed E-state index contributed by atoms with van der Waals surface area (Å²) in [4.78, 5) is 11.2. The van der Waals surface area contributed by atoms with Gasteiger partial charge in [-0.15, -0.1) is 0 Å². The Labute approximate surface area is 108 Å². The standard InChI is InChI=1S/C14H9FO4/c15-10-3-1-2-9(13(10)14(16)17)8-4-5-11-12(6-8)19-7-18-11/h1-6H,7H2,(H,16,17). The fraction of sp³-hybridized carbons (Fsp3) is 0.0714. The predicted molar refractivity (Wildman–Crippen MR) is 64.9 cm³/mol. The molecular formula is C14H9FO4. The molecule has 0 aliphatic carbocycles. The first-order valence-electron chi connectivity index (χ1n) is 5.58.